The summed E-state index contributed by atoms with van der Waals surface area (Å²) in [5, 5.41) is 42.1. The first-order chi connectivity index (χ1) is 9.71. The Bertz CT molecular complexity index is 531. The summed E-state index contributed by atoms with van der Waals surface area (Å²) in [6.07, 6.45) is -2.29. The van der Waals surface area contributed by atoms with Gasteiger partial charge >= 0.3 is 17.9 Å². The van der Waals surface area contributed by atoms with Crippen molar-refractivity contribution >= 4 is 17.9 Å². The predicted molar refractivity (Wildman–Crippen MR) is 68.2 cm³/mol. The third kappa shape index (κ3) is 7.29. The molecule has 4 N–H and O–H groups in total. The van der Waals surface area contributed by atoms with Gasteiger partial charge in [0.15, 0.2) is 5.60 Å². The van der Waals surface area contributed by atoms with Gasteiger partial charge in [0.05, 0.1) is 24.5 Å². The molecule has 1 aromatic carbocycles. The minimum absolute atomic E-state index is 0.715. The van der Waals surface area contributed by atoms with Crippen LogP contribution in [0.1, 0.15) is 18.4 Å². The second-order valence-electron chi connectivity index (χ2n) is 3.96. The lowest BCUT2D eigenvalue weighted by molar-refractivity contribution is -0.170. The molecule has 0 atom stereocenters. The average Bonchev–Trinajstić information content (AvgIpc) is 2.38. The van der Waals surface area contributed by atoms with E-state index in [0.29, 0.717) is 5.56 Å². The Balaban J connectivity index is 0.000000423. The summed E-state index contributed by atoms with van der Waals surface area (Å²) in [6.45, 7) is 0. The molecule has 8 heteroatoms. The second-order valence-corrected chi connectivity index (χ2v) is 3.96. The smallest absolute Gasteiger partial charge is 0.336 e. The Kier molecular flexibility index (Phi) is 7.14. The molecular weight excluding hydrogens is 282 g/mol. The summed E-state index contributed by atoms with van der Waals surface area (Å²) >= 11 is 0. The van der Waals surface area contributed by atoms with Crippen molar-refractivity contribution in [2.45, 2.75) is 18.4 Å². The predicted octanol–water partition coefficient (Wildman–Crippen LogP) is 0.310. The lowest BCUT2D eigenvalue weighted by Gasteiger charge is -2.18. The fourth-order valence-corrected chi connectivity index (χ4v) is 1.23. The number of carboxylic acids is 3. The summed E-state index contributed by atoms with van der Waals surface area (Å²) in [5.74, 6) is -5.02. The number of hydrogen-bond donors (Lipinski definition) is 4. The van der Waals surface area contributed by atoms with Crippen molar-refractivity contribution in [2.24, 2.45) is 0 Å². The molecule has 0 fully saturated rings. The van der Waals surface area contributed by atoms with Gasteiger partial charge in [-0.3, -0.25) is 9.59 Å². The van der Waals surface area contributed by atoms with E-state index in [1.165, 1.54) is 0 Å². The summed E-state index contributed by atoms with van der Waals surface area (Å²) in [7, 11) is 0. The molecule has 112 valence electrons. The zero-order chi connectivity index (χ0) is 16.5. The number of aliphatic carboxylic acids is 3. The Labute approximate surface area is 119 Å². The molecule has 0 aliphatic heterocycles. The van der Waals surface area contributed by atoms with Crippen molar-refractivity contribution in [1.29, 1.82) is 5.26 Å². The normalized spacial score (nSPS) is 9.71. The standard InChI is InChI=1S/C7H5N.C6H8O7/c8-6-7-4-2-1-3-5-7;7-3(8)1-6(13,5(11)12)2-4(9)10/h1-5H;13H,1-2H2,(H,7,8)(H,9,10)(H,11,12). The van der Waals surface area contributed by atoms with Gasteiger partial charge in [-0.15, -0.1) is 0 Å². The summed E-state index contributed by atoms with van der Waals surface area (Å²) in [6, 6.07) is 11.2. The maximum Gasteiger partial charge on any atom is 0.336 e. The molecule has 0 heterocycles. The molecule has 0 saturated heterocycles. The van der Waals surface area contributed by atoms with Gasteiger partial charge in [-0.2, -0.15) is 5.26 Å². The highest BCUT2D eigenvalue weighted by molar-refractivity contribution is 5.88. The van der Waals surface area contributed by atoms with Crippen LogP contribution in [0.25, 0.3) is 0 Å². The molecule has 0 saturated carbocycles. The first kappa shape index (κ1) is 18.1. The summed E-state index contributed by atoms with van der Waals surface area (Å²) in [5.41, 5.74) is -2.02. The maximum atomic E-state index is 10.3. The quantitative estimate of drug-likeness (QED) is 0.604. The SMILES string of the molecule is N#Cc1ccccc1.O=C(O)CC(O)(CC(=O)O)C(=O)O. The number of hydrogen-bond acceptors (Lipinski definition) is 5. The van der Waals surface area contributed by atoms with E-state index in [-0.39, 0.29) is 0 Å². The van der Waals surface area contributed by atoms with E-state index in [0.717, 1.165) is 0 Å². The fourth-order valence-electron chi connectivity index (χ4n) is 1.23. The van der Waals surface area contributed by atoms with Crippen molar-refractivity contribution in [3.63, 3.8) is 0 Å². The molecule has 8 nitrogen and oxygen atoms in total. The van der Waals surface area contributed by atoms with Crippen LogP contribution in [0.4, 0.5) is 0 Å². The number of aliphatic hydroxyl groups is 1. The van der Waals surface area contributed by atoms with Crippen LogP contribution >= 0.6 is 0 Å². The van der Waals surface area contributed by atoms with Crippen LogP contribution in [0.3, 0.4) is 0 Å². The molecule has 21 heavy (non-hydrogen) atoms. The molecule has 0 aliphatic carbocycles. The van der Waals surface area contributed by atoms with Gasteiger partial charge < -0.3 is 20.4 Å². The van der Waals surface area contributed by atoms with E-state index in [2.05, 4.69) is 0 Å². The van der Waals surface area contributed by atoms with E-state index in [1.807, 2.05) is 24.3 Å². The number of carbonyl (C=O) groups is 3. The highest BCUT2D eigenvalue weighted by Gasteiger charge is 2.40. The summed E-state index contributed by atoms with van der Waals surface area (Å²) in [4.78, 5) is 30.5. The molecule has 0 aromatic heterocycles. The second kappa shape index (κ2) is 8.29. The number of carboxylic acid groups (broad SMARTS) is 3. The van der Waals surface area contributed by atoms with Crippen LogP contribution in [-0.2, 0) is 14.4 Å². The molecule has 0 spiro atoms. The Morgan fingerprint density at radius 1 is 1.00 bits per heavy atom. The molecule has 0 unspecified atom stereocenters. The highest BCUT2D eigenvalue weighted by Crippen LogP contribution is 2.15. The molecule has 1 aromatic rings. The first-order valence-electron chi connectivity index (χ1n) is 5.56. The first-order valence-corrected chi connectivity index (χ1v) is 5.56. The Morgan fingerprint density at radius 2 is 1.43 bits per heavy atom. The van der Waals surface area contributed by atoms with E-state index < -0.39 is 36.4 Å². The molecular formula is C13H13NO7. The molecule has 0 radical (unpaired) electrons. The van der Waals surface area contributed by atoms with Gasteiger partial charge in [0.2, 0.25) is 0 Å². The summed E-state index contributed by atoms with van der Waals surface area (Å²) < 4.78 is 0. The van der Waals surface area contributed by atoms with Crippen molar-refractivity contribution in [3.05, 3.63) is 35.9 Å². The Morgan fingerprint density at radius 3 is 1.67 bits per heavy atom. The van der Waals surface area contributed by atoms with Gasteiger partial charge in [-0.1, -0.05) is 18.2 Å². The minimum Gasteiger partial charge on any atom is -0.481 e. The zero-order valence-electron chi connectivity index (χ0n) is 10.8. The number of nitrogens with zero attached hydrogens (tertiary/aromatic N) is 1. The lowest BCUT2D eigenvalue weighted by Crippen LogP contribution is -2.42. The van der Waals surface area contributed by atoms with E-state index in [4.69, 9.17) is 25.7 Å². The van der Waals surface area contributed by atoms with Crippen molar-refractivity contribution in [2.75, 3.05) is 0 Å². The van der Waals surface area contributed by atoms with E-state index in [1.54, 1.807) is 12.1 Å². The van der Waals surface area contributed by atoms with Crippen LogP contribution in [0.15, 0.2) is 30.3 Å². The maximum absolute atomic E-state index is 10.3. The third-order valence-electron chi connectivity index (χ3n) is 2.19. The fraction of sp³-hybridized carbons (Fsp3) is 0.231. The number of rotatable bonds is 5. The van der Waals surface area contributed by atoms with Crippen LogP contribution < -0.4 is 0 Å². The average molecular weight is 295 g/mol. The van der Waals surface area contributed by atoms with E-state index >= 15 is 0 Å². The highest BCUT2D eigenvalue weighted by atomic mass is 16.4. The Hall–Kier alpha value is -2.92. The molecule has 0 bridgehead atoms. The van der Waals surface area contributed by atoms with Crippen molar-refractivity contribution < 1.29 is 34.8 Å². The van der Waals surface area contributed by atoms with Crippen LogP contribution in [-0.4, -0.2) is 43.9 Å². The lowest BCUT2D eigenvalue weighted by atomic mass is 9.96. The van der Waals surface area contributed by atoms with Gasteiger partial charge in [0, 0.05) is 0 Å². The molecule has 0 aliphatic rings. The largest absolute Gasteiger partial charge is 0.481 e. The van der Waals surface area contributed by atoms with E-state index in [9.17, 15) is 14.4 Å². The monoisotopic (exact) mass is 295 g/mol. The number of benzene rings is 1. The number of nitriles is 1. The van der Waals surface area contributed by atoms with Crippen LogP contribution in [0.2, 0.25) is 0 Å². The topological polar surface area (TPSA) is 156 Å². The van der Waals surface area contributed by atoms with Crippen LogP contribution in [0, 0.1) is 11.3 Å². The van der Waals surface area contributed by atoms with Gasteiger partial charge in [0.1, 0.15) is 0 Å². The van der Waals surface area contributed by atoms with Crippen LogP contribution in [0.5, 0.6) is 0 Å². The molecule has 0 amide bonds. The minimum atomic E-state index is -2.74. The van der Waals surface area contributed by atoms with Crippen molar-refractivity contribution in [1.82, 2.24) is 0 Å². The van der Waals surface area contributed by atoms with Gasteiger partial charge in [-0.05, 0) is 12.1 Å². The van der Waals surface area contributed by atoms with Gasteiger partial charge in [-0.25, -0.2) is 4.79 Å². The van der Waals surface area contributed by atoms with Gasteiger partial charge in [0.25, 0.3) is 0 Å². The zero-order valence-corrected chi connectivity index (χ0v) is 10.8. The molecule has 1 rings (SSSR count). The van der Waals surface area contributed by atoms with Crippen molar-refractivity contribution in [3.8, 4) is 6.07 Å². The third-order valence-corrected chi connectivity index (χ3v) is 2.19.